The molecule has 0 radical (unpaired) electrons. The molecule has 0 bridgehead atoms. The number of benzene rings is 1. The summed E-state index contributed by atoms with van der Waals surface area (Å²) < 4.78 is 0. The standard InChI is InChI=1S/C13H15ClN4O2S/c1-13(2,3)15-7-10-16-17-12(21-10)11-8(14)5-4-6-9(11)18(19)20/h4-6,15H,7H2,1-3H3. The van der Waals surface area contributed by atoms with Gasteiger partial charge in [-0.3, -0.25) is 10.1 Å². The fourth-order valence-corrected chi connectivity index (χ4v) is 2.81. The van der Waals surface area contributed by atoms with Gasteiger partial charge in [-0.05, 0) is 26.8 Å². The summed E-state index contributed by atoms with van der Waals surface area (Å²) in [7, 11) is 0. The highest BCUT2D eigenvalue weighted by Gasteiger charge is 2.22. The largest absolute Gasteiger partial charge is 0.306 e. The molecule has 0 aliphatic heterocycles. The Hall–Kier alpha value is -1.57. The molecule has 0 fully saturated rings. The molecule has 0 spiro atoms. The Kier molecular flexibility index (Phi) is 4.55. The second-order valence-electron chi connectivity index (χ2n) is 5.50. The van der Waals surface area contributed by atoms with Crippen molar-refractivity contribution in [3.05, 3.63) is 38.3 Å². The molecule has 0 saturated carbocycles. The number of nitro benzene ring substituents is 1. The van der Waals surface area contributed by atoms with Gasteiger partial charge in [0.05, 0.1) is 16.5 Å². The summed E-state index contributed by atoms with van der Waals surface area (Å²) in [6, 6.07) is 4.57. The monoisotopic (exact) mass is 326 g/mol. The average Bonchev–Trinajstić information content (AvgIpc) is 2.83. The van der Waals surface area contributed by atoms with E-state index in [2.05, 4.69) is 15.5 Å². The maximum absolute atomic E-state index is 11.1. The van der Waals surface area contributed by atoms with Gasteiger partial charge >= 0.3 is 0 Å². The molecular weight excluding hydrogens is 312 g/mol. The van der Waals surface area contributed by atoms with E-state index in [4.69, 9.17) is 11.6 Å². The van der Waals surface area contributed by atoms with Crippen LogP contribution in [0.4, 0.5) is 5.69 Å². The third kappa shape index (κ3) is 3.96. The van der Waals surface area contributed by atoms with Gasteiger partial charge in [-0.1, -0.05) is 29.0 Å². The molecule has 0 amide bonds. The van der Waals surface area contributed by atoms with Gasteiger partial charge in [0, 0.05) is 11.6 Å². The molecule has 112 valence electrons. The van der Waals surface area contributed by atoms with Crippen molar-refractivity contribution in [2.45, 2.75) is 32.9 Å². The molecule has 21 heavy (non-hydrogen) atoms. The lowest BCUT2D eigenvalue weighted by molar-refractivity contribution is -0.384. The summed E-state index contributed by atoms with van der Waals surface area (Å²) in [5.41, 5.74) is 0.222. The van der Waals surface area contributed by atoms with E-state index in [1.165, 1.54) is 17.4 Å². The first-order chi connectivity index (χ1) is 9.78. The van der Waals surface area contributed by atoms with Gasteiger partial charge in [0.15, 0.2) is 5.01 Å². The molecule has 0 atom stereocenters. The van der Waals surface area contributed by atoms with Gasteiger partial charge in [0.25, 0.3) is 5.69 Å². The number of nitrogens with zero attached hydrogens (tertiary/aromatic N) is 3. The number of aromatic nitrogens is 2. The zero-order chi connectivity index (χ0) is 15.6. The molecular formula is C13H15ClN4O2S. The first kappa shape index (κ1) is 15.8. The van der Waals surface area contributed by atoms with Gasteiger partial charge in [0.1, 0.15) is 10.6 Å². The van der Waals surface area contributed by atoms with Gasteiger partial charge in [0.2, 0.25) is 0 Å². The van der Waals surface area contributed by atoms with Crippen molar-refractivity contribution in [2.75, 3.05) is 0 Å². The van der Waals surface area contributed by atoms with E-state index < -0.39 is 4.92 Å². The lowest BCUT2D eigenvalue weighted by Crippen LogP contribution is -2.35. The van der Waals surface area contributed by atoms with Crippen molar-refractivity contribution in [3.8, 4) is 10.6 Å². The lowest BCUT2D eigenvalue weighted by atomic mass is 10.1. The van der Waals surface area contributed by atoms with Crippen molar-refractivity contribution in [1.82, 2.24) is 15.5 Å². The molecule has 6 nitrogen and oxygen atoms in total. The van der Waals surface area contributed by atoms with E-state index in [-0.39, 0.29) is 11.2 Å². The molecule has 1 N–H and O–H groups in total. The topological polar surface area (TPSA) is 81.0 Å². The van der Waals surface area contributed by atoms with Crippen LogP contribution >= 0.6 is 22.9 Å². The number of rotatable bonds is 4. The van der Waals surface area contributed by atoms with Gasteiger partial charge in [-0.15, -0.1) is 10.2 Å². The van der Waals surface area contributed by atoms with Gasteiger partial charge in [-0.25, -0.2) is 0 Å². The molecule has 0 aliphatic carbocycles. The normalized spacial score (nSPS) is 11.6. The molecule has 0 saturated heterocycles. The Morgan fingerprint density at radius 1 is 1.38 bits per heavy atom. The minimum Gasteiger partial charge on any atom is -0.306 e. The van der Waals surface area contributed by atoms with E-state index in [9.17, 15) is 10.1 Å². The van der Waals surface area contributed by atoms with E-state index in [1.807, 2.05) is 20.8 Å². The van der Waals surface area contributed by atoms with Crippen LogP contribution in [0.5, 0.6) is 0 Å². The minimum atomic E-state index is -0.463. The Balaban J connectivity index is 2.32. The minimum absolute atomic E-state index is 0.0395. The van der Waals surface area contributed by atoms with Crippen molar-refractivity contribution in [2.24, 2.45) is 0 Å². The van der Waals surface area contributed by atoms with Crippen LogP contribution < -0.4 is 5.32 Å². The van der Waals surface area contributed by atoms with Crippen LogP contribution in [-0.2, 0) is 6.54 Å². The summed E-state index contributed by atoms with van der Waals surface area (Å²) in [6.45, 7) is 6.70. The molecule has 2 rings (SSSR count). The summed E-state index contributed by atoms with van der Waals surface area (Å²) in [6.07, 6.45) is 0. The van der Waals surface area contributed by atoms with Crippen LogP contribution in [-0.4, -0.2) is 20.7 Å². The molecule has 0 aliphatic rings. The average molecular weight is 327 g/mol. The molecule has 1 heterocycles. The predicted octanol–water partition coefficient (Wildman–Crippen LogP) is 3.65. The van der Waals surface area contributed by atoms with E-state index in [0.717, 1.165) is 5.01 Å². The maximum Gasteiger partial charge on any atom is 0.281 e. The summed E-state index contributed by atoms with van der Waals surface area (Å²) in [4.78, 5) is 10.6. The molecule has 2 aromatic rings. The fraction of sp³-hybridized carbons (Fsp3) is 0.385. The second kappa shape index (κ2) is 6.05. The van der Waals surface area contributed by atoms with Crippen molar-refractivity contribution in [1.29, 1.82) is 0 Å². The van der Waals surface area contributed by atoms with Crippen molar-refractivity contribution in [3.63, 3.8) is 0 Å². The molecule has 1 aromatic carbocycles. The Morgan fingerprint density at radius 3 is 2.71 bits per heavy atom. The highest BCUT2D eigenvalue weighted by Crippen LogP contribution is 2.37. The Morgan fingerprint density at radius 2 is 2.10 bits per heavy atom. The first-order valence-corrected chi connectivity index (χ1v) is 7.48. The first-order valence-electron chi connectivity index (χ1n) is 6.28. The smallest absolute Gasteiger partial charge is 0.281 e. The fourth-order valence-electron chi connectivity index (χ4n) is 1.64. The van der Waals surface area contributed by atoms with Crippen LogP contribution in [0, 0.1) is 10.1 Å². The highest BCUT2D eigenvalue weighted by atomic mass is 35.5. The molecule has 1 aromatic heterocycles. The number of nitrogens with one attached hydrogen (secondary N) is 1. The SMILES string of the molecule is CC(C)(C)NCc1nnc(-c2c(Cl)cccc2[N+](=O)[O-])s1. The van der Waals surface area contributed by atoms with Crippen molar-refractivity contribution >= 4 is 28.6 Å². The van der Waals surface area contributed by atoms with Gasteiger partial charge in [-0.2, -0.15) is 0 Å². The van der Waals surface area contributed by atoms with Crippen LogP contribution in [0.15, 0.2) is 18.2 Å². The number of hydrogen-bond acceptors (Lipinski definition) is 6. The molecule has 0 unspecified atom stereocenters. The van der Waals surface area contributed by atoms with Crippen LogP contribution in [0.2, 0.25) is 5.02 Å². The van der Waals surface area contributed by atoms with Gasteiger partial charge < -0.3 is 5.32 Å². The van der Waals surface area contributed by atoms with E-state index >= 15 is 0 Å². The molecule has 8 heteroatoms. The number of nitro groups is 1. The van der Waals surface area contributed by atoms with Crippen LogP contribution in [0.1, 0.15) is 25.8 Å². The summed E-state index contributed by atoms with van der Waals surface area (Å²) in [5.74, 6) is 0. The maximum atomic E-state index is 11.1. The van der Waals surface area contributed by atoms with Crippen LogP contribution in [0.3, 0.4) is 0 Å². The number of halogens is 1. The van der Waals surface area contributed by atoms with Crippen LogP contribution in [0.25, 0.3) is 10.6 Å². The lowest BCUT2D eigenvalue weighted by Gasteiger charge is -2.19. The zero-order valence-electron chi connectivity index (χ0n) is 11.9. The van der Waals surface area contributed by atoms with E-state index in [1.54, 1.807) is 12.1 Å². The summed E-state index contributed by atoms with van der Waals surface area (Å²) in [5, 5.41) is 24.0. The summed E-state index contributed by atoms with van der Waals surface area (Å²) >= 11 is 7.38. The van der Waals surface area contributed by atoms with Crippen molar-refractivity contribution < 1.29 is 4.92 Å². The highest BCUT2D eigenvalue weighted by molar-refractivity contribution is 7.14. The second-order valence-corrected chi connectivity index (χ2v) is 6.96. The van der Waals surface area contributed by atoms with E-state index in [0.29, 0.717) is 22.1 Å². The third-order valence-corrected chi connectivity index (χ3v) is 3.89. The zero-order valence-corrected chi connectivity index (χ0v) is 13.5. The quantitative estimate of drug-likeness (QED) is 0.685. The third-order valence-electron chi connectivity index (χ3n) is 2.64. The number of hydrogen-bond donors (Lipinski definition) is 1. The Labute approximate surface area is 131 Å². The Bertz CT molecular complexity index is 666. The predicted molar refractivity (Wildman–Crippen MR) is 83.6 cm³/mol.